The summed E-state index contributed by atoms with van der Waals surface area (Å²) in [6.07, 6.45) is 3.09. The fourth-order valence-electron chi connectivity index (χ4n) is 4.29. The molecule has 0 bridgehead atoms. The summed E-state index contributed by atoms with van der Waals surface area (Å²) in [6, 6.07) is 19.6. The Hall–Kier alpha value is -4.46. The van der Waals surface area contributed by atoms with Crippen molar-refractivity contribution in [2.24, 2.45) is 0 Å². The number of aryl methyl sites for hydroxylation is 1. The summed E-state index contributed by atoms with van der Waals surface area (Å²) in [7, 11) is 0. The SMILES string of the molecule is CCOc1ccc2ccccc2c1C(=O)NCCn1ncc2c(=O)n(Cc3ccc(C)cc3)cnc21. The normalized spacial score (nSPS) is 11.2. The van der Waals surface area contributed by atoms with Crippen molar-refractivity contribution < 1.29 is 9.53 Å². The molecule has 0 radical (unpaired) electrons. The molecule has 5 aromatic rings. The molecule has 3 aromatic carbocycles. The second-order valence-electron chi connectivity index (χ2n) is 8.62. The van der Waals surface area contributed by atoms with E-state index in [2.05, 4.69) is 15.4 Å². The van der Waals surface area contributed by atoms with E-state index in [0.717, 1.165) is 16.3 Å². The van der Waals surface area contributed by atoms with E-state index in [1.807, 2.05) is 74.5 Å². The first kappa shape index (κ1) is 23.3. The number of nitrogens with one attached hydrogen (secondary N) is 1. The molecule has 8 heteroatoms. The third kappa shape index (κ3) is 4.57. The van der Waals surface area contributed by atoms with Crippen molar-refractivity contribution in [2.45, 2.75) is 26.9 Å². The van der Waals surface area contributed by atoms with E-state index in [-0.39, 0.29) is 11.5 Å². The molecule has 0 saturated heterocycles. The highest BCUT2D eigenvalue weighted by molar-refractivity contribution is 6.09. The molecule has 8 nitrogen and oxygen atoms in total. The lowest BCUT2D eigenvalue weighted by atomic mass is 10.0. The number of carbonyl (C=O) groups is 1. The molecular weight excluding hydrogens is 454 g/mol. The maximum Gasteiger partial charge on any atom is 0.264 e. The van der Waals surface area contributed by atoms with Gasteiger partial charge < -0.3 is 10.1 Å². The van der Waals surface area contributed by atoms with Gasteiger partial charge >= 0.3 is 0 Å². The highest BCUT2D eigenvalue weighted by Gasteiger charge is 2.17. The van der Waals surface area contributed by atoms with E-state index in [9.17, 15) is 9.59 Å². The van der Waals surface area contributed by atoms with Crippen LogP contribution in [0.2, 0.25) is 0 Å². The molecule has 2 heterocycles. The summed E-state index contributed by atoms with van der Waals surface area (Å²) in [5.41, 5.74) is 3.06. The molecule has 0 aliphatic heterocycles. The zero-order valence-corrected chi connectivity index (χ0v) is 20.3. The highest BCUT2D eigenvalue weighted by atomic mass is 16.5. The Morgan fingerprint density at radius 1 is 1.03 bits per heavy atom. The van der Waals surface area contributed by atoms with Crippen molar-refractivity contribution in [1.82, 2.24) is 24.6 Å². The summed E-state index contributed by atoms with van der Waals surface area (Å²) >= 11 is 0. The van der Waals surface area contributed by atoms with Gasteiger partial charge in [-0.15, -0.1) is 0 Å². The predicted molar refractivity (Wildman–Crippen MR) is 140 cm³/mol. The minimum atomic E-state index is -0.222. The van der Waals surface area contributed by atoms with Crippen molar-refractivity contribution in [3.05, 3.63) is 100 Å². The molecule has 5 rings (SSSR count). The molecule has 36 heavy (non-hydrogen) atoms. The Balaban J connectivity index is 1.32. The second kappa shape index (κ2) is 10.0. The van der Waals surface area contributed by atoms with Crippen molar-refractivity contribution in [3.8, 4) is 5.75 Å². The van der Waals surface area contributed by atoms with Crippen LogP contribution in [0.25, 0.3) is 21.8 Å². The van der Waals surface area contributed by atoms with Crippen LogP contribution in [-0.4, -0.2) is 38.4 Å². The van der Waals surface area contributed by atoms with Crippen LogP contribution in [0.3, 0.4) is 0 Å². The van der Waals surface area contributed by atoms with Crippen LogP contribution in [0.15, 0.2) is 78.0 Å². The number of ether oxygens (including phenoxy) is 1. The number of hydrogen-bond acceptors (Lipinski definition) is 5. The smallest absolute Gasteiger partial charge is 0.264 e. The lowest BCUT2D eigenvalue weighted by molar-refractivity contribution is 0.0950. The van der Waals surface area contributed by atoms with Gasteiger partial charge in [0.25, 0.3) is 11.5 Å². The Bertz CT molecular complexity index is 1600. The number of aromatic nitrogens is 4. The number of rotatable bonds is 8. The second-order valence-corrected chi connectivity index (χ2v) is 8.62. The maximum absolute atomic E-state index is 13.2. The zero-order valence-electron chi connectivity index (χ0n) is 20.3. The van der Waals surface area contributed by atoms with Gasteiger partial charge in [-0.3, -0.25) is 14.2 Å². The van der Waals surface area contributed by atoms with E-state index in [0.29, 0.717) is 48.6 Å². The minimum Gasteiger partial charge on any atom is -0.493 e. The van der Waals surface area contributed by atoms with Crippen LogP contribution in [0.1, 0.15) is 28.4 Å². The van der Waals surface area contributed by atoms with E-state index in [1.165, 1.54) is 11.8 Å². The first-order valence-electron chi connectivity index (χ1n) is 11.9. The summed E-state index contributed by atoms with van der Waals surface area (Å²) < 4.78 is 8.94. The van der Waals surface area contributed by atoms with Gasteiger partial charge in [0.05, 0.1) is 31.5 Å². The van der Waals surface area contributed by atoms with Gasteiger partial charge in [0.2, 0.25) is 0 Å². The summed E-state index contributed by atoms with van der Waals surface area (Å²) in [5.74, 6) is 0.328. The molecule has 0 atom stereocenters. The molecular formula is C28H27N5O3. The average molecular weight is 482 g/mol. The van der Waals surface area contributed by atoms with E-state index in [4.69, 9.17) is 4.74 Å². The summed E-state index contributed by atoms with van der Waals surface area (Å²) in [4.78, 5) is 30.6. The lowest BCUT2D eigenvalue weighted by Gasteiger charge is -2.13. The highest BCUT2D eigenvalue weighted by Crippen LogP contribution is 2.28. The van der Waals surface area contributed by atoms with Crippen LogP contribution in [0.5, 0.6) is 5.75 Å². The van der Waals surface area contributed by atoms with Crippen molar-refractivity contribution >= 4 is 27.7 Å². The molecule has 0 unspecified atom stereocenters. The number of nitrogens with zero attached hydrogens (tertiary/aromatic N) is 4. The van der Waals surface area contributed by atoms with Crippen LogP contribution >= 0.6 is 0 Å². The third-order valence-electron chi connectivity index (χ3n) is 6.12. The number of carbonyl (C=O) groups excluding carboxylic acids is 1. The predicted octanol–water partition coefficient (Wildman–Crippen LogP) is 3.93. The minimum absolute atomic E-state index is 0.145. The van der Waals surface area contributed by atoms with Gasteiger partial charge in [-0.05, 0) is 36.2 Å². The molecule has 2 aromatic heterocycles. The Morgan fingerprint density at radius 2 is 1.83 bits per heavy atom. The Kier molecular flexibility index (Phi) is 6.49. The first-order valence-corrected chi connectivity index (χ1v) is 11.9. The van der Waals surface area contributed by atoms with Crippen molar-refractivity contribution in [3.63, 3.8) is 0 Å². The van der Waals surface area contributed by atoms with Gasteiger partial charge in [-0.25, -0.2) is 9.67 Å². The standard InChI is InChI=1S/C28H27N5O3/c1-3-36-24-13-12-21-6-4-5-7-22(21)25(24)27(34)29-14-15-33-26-23(16-31-33)28(35)32(18-30-26)17-20-10-8-19(2)9-11-20/h4-13,16,18H,3,14-15,17H2,1-2H3,(H,29,34). The van der Waals surface area contributed by atoms with Crippen molar-refractivity contribution in [1.29, 1.82) is 0 Å². The number of benzene rings is 3. The molecule has 0 spiro atoms. The van der Waals surface area contributed by atoms with Crippen LogP contribution in [-0.2, 0) is 13.1 Å². The third-order valence-corrected chi connectivity index (χ3v) is 6.12. The Morgan fingerprint density at radius 3 is 2.64 bits per heavy atom. The quantitative estimate of drug-likeness (QED) is 0.363. The molecule has 0 aliphatic rings. The summed E-state index contributed by atoms with van der Waals surface area (Å²) in [6.45, 7) is 5.51. The molecule has 0 saturated carbocycles. The number of amides is 1. The van der Waals surface area contributed by atoms with Crippen LogP contribution < -0.4 is 15.6 Å². The first-order chi connectivity index (χ1) is 17.5. The monoisotopic (exact) mass is 481 g/mol. The van der Waals surface area contributed by atoms with E-state index < -0.39 is 0 Å². The van der Waals surface area contributed by atoms with Gasteiger partial charge in [0.1, 0.15) is 17.5 Å². The van der Waals surface area contributed by atoms with Gasteiger partial charge in [0.15, 0.2) is 5.65 Å². The van der Waals surface area contributed by atoms with Crippen LogP contribution in [0.4, 0.5) is 0 Å². The van der Waals surface area contributed by atoms with Crippen LogP contribution in [0, 0.1) is 6.92 Å². The largest absolute Gasteiger partial charge is 0.493 e. The van der Waals surface area contributed by atoms with E-state index >= 15 is 0 Å². The van der Waals surface area contributed by atoms with E-state index in [1.54, 1.807) is 15.6 Å². The van der Waals surface area contributed by atoms with Crippen molar-refractivity contribution in [2.75, 3.05) is 13.2 Å². The van der Waals surface area contributed by atoms with Gasteiger partial charge in [0, 0.05) is 6.54 Å². The molecule has 0 aliphatic carbocycles. The summed E-state index contributed by atoms with van der Waals surface area (Å²) in [5, 5.41) is 9.56. The molecule has 0 fully saturated rings. The molecule has 1 amide bonds. The molecule has 182 valence electrons. The fraction of sp³-hybridized carbons (Fsp3) is 0.214. The average Bonchev–Trinajstić information content (AvgIpc) is 3.30. The zero-order chi connectivity index (χ0) is 25.1. The lowest BCUT2D eigenvalue weighted by Crippen LogP contribution is -2.28. The molecule has 1 N–H and O–H groups in total. The topological polar surface area (TPSA) is 91.0 Å². The fourth-order valence-corrected chi connectivity index (χ4v) is 4.29. The Labute approximate surface area is 208 Å². The van der Waals surface area contributed by atoms with Gasteiger partial charge in [-0.2, -0.15) is 5.10 Å². The van der Waals surface area contributed by atoms with Gasteiger partial charge in [-0.1, -0.05) is 60.2 Å². The number of fused-ring (bicyclic) bond motifs is 2. The maximum atomic E-state index is 13.2. The number of hydrogen-bond donors (Lipinski definition) is 1.